The molecule has 0 aromatic heterocycles. The molecule has 0 aromatic rings. The number of thioether (sulfide) groups is 1. The largest absolute Gasteiger partial charge is 0.379 e. The zero-order valence-electron chi connectivity index (χ0n) is 10.5. The van der Waals surface area contributed by atoms with E-state index in [4.69, 9.17) is 4.74 Å². The number of aliphatic imine (C=N–C) groups is 1. The second-order valence-corrected chi connectivity index (χ2v) is 6.62. The van der Waals surface area contributed by atoms with Gasteiger partial charge in [-0.25, -0.2) is 0 Å². The van der Waals surface area contributed by atoms with Crippen LogP contribution in [0.25, 0.3) is 0 Å². The molecule has 2 atom stereocenters. The number of hydrogen-bond acceptors (Lipinski definition) is 4. The molecular formula is C12H22N2OS. The summed E-state index contributed by atoms with van der Waals surface area (Å²) in [5, 5.41) is 5.33. The molecule has 0 saturated carbocycles. The van der Waals surface area contributed by atoms with Crippen LogP contribution >= 0.6 is 11.8 Å². The molecule has 16 heavy (non-hydrogen) atoms. The summed E-state index contributed by atoms with van der Waals surface area (Å²) in [5.41, 5.74) is 0.0932. The minimum atomic E-state index is 0.0932. The Kier molecular flexibility index (Phi) is 3.80. The molecule has 1 saturated heterocycles. The van der Waals surface area contributed by atoms with E-state index in [-0.39, 0.29) is 5.54 Å². The van der Waals surface area contributed by atoms with Gasteiger partial charge in [0.25, 0.3) is 0 Å². The highest BCUT2D eigenvalue weighted by atomic mass is 32.2. The maximum Gasteiger partial charge on any atom is 0.157 e. The van der Waals surface area contributed by atoms with Crippen LogP contribution in [0, 0.1) is 5.92 Å². The molecule has 1 fully saturated rings. The maximum absolute atomic E-state index is 5.54. The zero-order valence-corrected chi connectivity index (χ0v) is 11.3. The van der Waals surface area contributed by atoms with Crippen molar-refractivity contribution in [2.45, 2.75) is 44.4 Å². The average Bonchev–Trinajstić information content (AvgIpc) is 2.66. The third-order valence-electron chi connectivity index (χ3n) is 3.27. The Hall–Kier alpha value is -0.220. The first kappa shape index (κ1) is 12.2. The fourth-order valence-electron chi connectivity index (χ4n) is 2.10. The number of hydrogen-bond donors (Lipinski definition) is 1. The number of rotatable bonds is 2. The van der Waals surface area contributed by atoms with Crippen LogP contribution in [0.15, 0.2) is 4.99 Å². The summed E-state index contributed by atoms with van der Waals surface area (Å²) >= 11 is 1.89. The molecule has 0 bridgehead atoms. The topological polar surface area (TPSA) is 33.6 Å². The van der Waals surface area contributed by atoms with E-state index >= 15 is 0 Å². The van der Waals surface area contributed by atoms with E-state index in [1.165, 1.54) is 6.42 Å². The lowest BCUT2D eigenvalue weighted by Crippen LogP contribution is -2.50. The molecule has 0 amide bonds. The number of nitrogens with zero attached hydrogens (tertiary/aromatic N) is 1. The first-order chi connectivity index (χ1) is 7.59. The quantitative estimate of drug-likeness (QED) is 0.806. The predicted octanol–water partition coefficient (Wildman–Crippen LogP) is 2.27. The highest BCUT2D eigenvalue weighted by Gasteiger charge is 2.31. The second kappa shape index (κ2) is 4.96. The Morgan fingerprint density at radius 2 is 2.38 bits per heavy atom. The van der Waals surface area contributed by atoms with Gasteiger partial charge in [-0.05, 0) is 25.7 Å². The van der Waals surface area contributed by atoms with Crippen LogP contribution in [-0.2, 0) is 4.74 Å². The van der Waals surface area contributed by atoms with Crippen molar-refractivity contribution in [3.05, 3.63) is 0 Å². The van der Waals surface area contributed by atoms with Crippen molar-refractivity contribution in [3.8, 4) is 0 Å². The van der Waals surface area contributed by atoms with E-state index in [1.807, 2.05) is 11.8 Å². The molecule has 92 valence electrons. The highest BCUT2D eigenvalue weighted by Crippen LogP contribution is 2.28. The summed E-state index contributed by atoms with van der Waals surface area (Å²) in [4.78, 5) is 4.59. The van der Waals surface area contributed by atoms with Gasteiger partial charge < -0.3 is 10.1 Å². The van der Waals surface area contributed by atoms with Crippen LogP contribution in [0.3, 0.4) is 0 Å². The molecule has 3 nitrogen and oxygen atoms in total. The van der Waals surface area contributed by atoms with Crippen LogP contribution in [-0.4, -0.2) is 35.7 Å². The van der Waals surface area contributed by atoms with Crippen LogP contribution in [0.4, 0.5) is 0 Å². The molecule has 4 heteroatoms. The van der Waals surface area contributed by atoms with E-state index in [1.54, 1.807) is 0 Å². The van der Waals surface area contributed by atoms with Crippen molar-refractivity contribution in [3.63, 3.8) is 0 Å². The average molecular weight is 242 g/mol. The molecule has 0 radical (unpaired) electrons. The lowest BCUT2D eigenvalue weighted by Gasteiger charge is -2.35. The van der Waals surface area contributed by atoms with Crippen LogP contribution in [0.1, 0.15) is 33.6 Å². The first-order valence-electron chi connectivity index (χ1n) is 6.16. The Labute approximate surface area is 102 Å². The summed E-state index contributed by atoms with van der Waals surface area (Å²) in [7, 11) is 0. The van der Waals surface area contributed by atoms with Gasteiger partial charge in [0.15, 0.2) is 5.17 Å². The zero-order chi connectivity index (χ0) is 11.6. The number of amidine groups is 1. The van der Waals surface area contributed by atoms with Gasteiger partial charge in [-0.3, -0.25) is 4.99 Å². The molecule has 0 spiro atoms. The fraction of sp³-hybridized carbons (Fsp3) is 0.917. The Balaban J connectivity index is 1.86. The first-order valence-corrected chi connectivity index (χ1v) is 7.04. The molecule has 1 N–H and O–H groups in total. The Morgan fingerprint density at radius 3 is 2.94 bits per heavy atom. The van der Waals surface area contributed by atoms with Gasteiger partial charge in [-0.2, -0.15) is 0 Å². The number of ether oxygens (including phenoxy) is 1. The standard InChI is InChI=1S/C12H22N2OS/c1-9(2)10-7-13-11(16-10)14-12(3)5-4-6-15-8-12/h9-10H,4-8H2,1-3H3,(H,13,14). The summed E-state index contributed by atoms with van der Waals surface area (Å²) < 4.78 is 5.54. The van der Waals surface area contributed by atoms with E-state index in [2.05, 4.69) is 31.1 Å². The van der Waals surface area contributed by atoms with E-state index in [0.717, 1.165) is 31.3 Å². The molecule has 0 aliphatic carbocycles. The summed E-state index contributed by atoms with van der Waals surface area (Å²) in [6.45, 7) is 9.44. The fourth-order valence-corrected chi connectivity index (χ4v) is 3.26. The van der Waals surface area contributed by atoms with E-state index in [0.29, 0.717) is 11.2 Å². The minimum absolute atomic E-state index is 0.0932. The third-order valence-corrected chi connectivity index (χ3v) is 4.72. The van der Waals surface area contributed by atoms with E-state index < -0.39 is 0 Å². The minimum Gasteiger partial charge on any atom is -0.379 e. The van der Waals surface area contributed by atoms with E-state index in [9.17, 15) is 0 Å². The maximum atomic E-state index is 5.54. The summed E-state index contributed by atoms with van der Waals surface area (Å²) in [5.74, 6) is 0.698. The Morgan fingerprint density at radius 1 is 1.56 bits per heavy atom. The summed E-state index contributed by atoms with van der Waals surface area (Å²) in [6.07, 6.45) is 2.33. The molecule has 2 aliphatic heterocycles. The normalized spacial score (nSPS) is 35.2. The summed E-state index contributed by atoms with van der Waals surface area (Å²) in [6, 6.07) is 0. The van der Waals surface area contributed by atoms with Crippen molar-refractivity contribution in [1.82, 2.24) is 5.32 Å². The molecule has 0 aromatic carbocycles. The van der Waals surface area contributed by atoms with Crippen molar-refractivity contribution in [2.75, 3.05) is 19.8 Å². The smallest absolute Gasteiger partial charge is 0.157 e. The van der Waals surface area contributed by atoms with Crippen LogP contribution in [0.5, 0.6) is 0 Å². The van der Waals surface area contributed by atoms with Gasteiger partial charge in [0, 0.05) is 11.9 Å². The van der Waals surface area contributed by atoms with Crippen molar-refractivity contribution < 1.29 is 4.74 Å². The molecule has 2 unspecified atom stereocenters. The highest BCUT2D eigenvalue weighted by molar-refractivity contribution is 8.14. The van der Waals surface area contributed by atoms with Gasteiger partial charge >= 0.3 is 0 Å². The van der Waals surface area contributed by atoms with Crippen molar-refractivity contribution in [2.24, 2.45) is 10.9 Å². The molecule has 2 rings (SSSR count). The van der Waals surface area contributed by atoms with Crippen molar-refractivity contribution >= 4 is 16.9 Å². The molecule has 2 aliphatic rings. The van der Waals surface area contributed by atoms with Gasteiger partial charge in [-0.1, -0.05) is 25.6 Å². The van der Waals surface area contributed by atoms with Crippen LogP contribution in [0.2, 0.25) is 0 Å². The lowest BCUT2D eigenvalue weighted by molar-refractivity contribution is 0.0375. The van der Waals surface area contributed by atoms with Crippen molar-refractivity contribution in [1.29, 1.82) is 0 Å². The van der Waals surface area contributed by atoms with Gasteiger partial charge in [0.1, 0.15) is 0 Å². The van der Waals surface area contributed by atoms with Gasteiger partial charge in [0.05, 0.1) is 18.7 Å². The predicted molar refractivity (Wildman–Crippen MR) is 70.1 cm³/mol. The third kappa shape index (κ3) is 2.92. The SMILES string of the molecule is CC(C)C1CN=C(NC2(C)CCCOC2)S1. The van der Waals surface area contributed by atoms with Crippen LogP contribution < -0.4 is 5.32 Å². The monoisotopic (exact) mass is 242 g/mol. The number of nitrogens with one attached hydrogen (secondary N) is 1. The van der Waals surface area contributed by atoms with Gasteiger partial charge in [-0.15, -0.1) is 0 Å². The molecule has 2 heterocycles. The Bertz CT molecular complexity index is 272. The lowest BCUT2D eigenvalue weighted by atomic mass is 9.95. The molecular weight excluding hydrogens is 220 g/mol. The second-order valence-electron chi connectivity index (χ2n) is 5.39. The van der Waals surface area contributed by atoms with Gasteiger partial charge in [0.2, 0.25) is 0 Å².